The molecule has 100 valence electrons. The van der Waals surface area contributed by atoms with Crippen molar-refractivity contribution in [3.05, 3.63) is 28.2 Å². The Bertz CT molecular complexity index is 410. The Morgan fingerprint density at radius 2 is 2.22 bits per heavy atom. The van der Waals surface area contributed by atoms with Crippen molar-refractivity contribution < 1.29 is 9.53 Å². The second kappa shape index (κ2) is 7.38. The van der Waals surface area contributed by atoms with Crippen LogP contribution in [0.2, 0.25) is 0 Å². The summed E-state index contributed by atoms with van der Waals surface area (Å²) in [5.41, 5.74) is 2.08. The van der Waals surface area contributed by atoms with Crippen molar-refractivity contribution in [2.24, 2.45) is 0 Å². The minimum atomic E-state index is -0.291. The van der Waals surface area contributed by atoms with Crippen molar-refractivity contribution in [3.8, 4) is 0 Å². The van der Waals surface area contributed by atoms with Gasteiger partial charge in [-0.25, -0.2) is 0 Å². The molecular formula is C13H19BrN2O2. The van der Waals surface area contributed by atoms with Crippen LogP contribution in [0.3, 0.4) is 0 Å². The summed E-state index contributed by atoms with van der Waals surface area (Å²) < 4.78 is 5.84. The molecule has 1 amide bonds. The highest BCUT2D eigenvalue weighted by molar-refractivity contribution is 9.10. The molecule has 1 aromatic carbocycles. The molecule has 0 radical (unpaired) electrons. The van der Waals surface area contributed by atoms with Gasteiger partial charge >= 0.3 is 0 Å². The molecule has 0 saturated carbocycles. The maximum absolute atomic E-state index is 11.8. The molecule has 0 aliphatic rings. The molecule has 0 heterocycles. The first kappa shape index (κ1) is 15.0. The van der Waals surface area contributed by atoms with E-state index in [1.54, 1.807) is 7.11 Å². The largest absolute Gasteiger partial charge is 0.383 e. The Labute approximate surface area is 116 Å². The molecule has 1 atom stereocenters. The molecule has 0 aliphatic heterocycles. The third-order valence-electron chi connectivity index (χ3n) is 2.50. The summed E-state index contributed by atoms with van der Waals surface area (Å²) in [6.45, 7) is 4.90. The first-order valence-corrected chi connectivity index (χ1v) is 6.63. The maximum Gasteiger partial charge on any atom is 0.242 e. The number of hydrogen-bond donors (Lipinski definition) is 2. The quantitative estimate of drug-likeness (QED) is 0.792. The van der Waals surface area contributed by atoms with Crippen molar-refractivity contribution >= 4 is 27.5 Å². The molecule has 1 rings (SSSR count). The molecule has 0 spiro atoms. The average Bonchev–Trinajstić information content (AvgIpc) is 2.32. The van der Waals surface area contributed by atoms with Crippen molar-refractivity contribution in [2.75, 3.05) is 25.6 Å². The molecular weight excluding hydrogens is 296 g/mol. The smallest absolute Gasteiger partial charge is 0.242 e. The monoisotopic (exact) mass is 314 g/mol. The highest BCUT2D eigenvalue weighted by Crippen LogP contribution is 2.23. The van der Waals surface area contributed by atoms with Crippen LogP contribution in [0, 0.1) is 6.92 Å². The number of carbonyl (C=O) groups is 1. The normalized spacial score (nSPS) is 12.0. The fourth-order valence-corrected chi connectivity index (χ4v) is 2.07. The van der Waals surface area contributed by atoms with E-state index in [9.17, 15) is 4.79 Å². The first-order chi connectivity index (χ1) is 8.54. The van der Waals surface area contributed by atoms with Gasteiger partial charge in [0.2, 0.25) is 5.91 Å². The lowest BCUT2D eigenvalue weighted by Gasteiger charge is -2.16. The predicted octanol–water partition coefficient (Wildman–Crippen LogP) is 2.32. The van der Waals surface area contributed by atoms with E-state index < -0.39 is 0 Å². The number of anilines is 1. The van der Waals surface area contributed by atoms with Crippen molar-refractivity contribution in [1.29, 1.82) is 0 Å². The summed E-state index contributed by atoms with van der Waals surface area (Å²) in [5.74, 6) is -0.0421. The van der Waals surface area contributed by atoms with Crippen LogP contribution < -0.4 is 10.6 Å². The summed E-state index contributed by atoms with van der Waals surface area (Å²) in [6, 6.07) is 5.68. The number of rotatable bonds is 6. The van der Waals surface area contributed by atoms with Crippen LogP contribution in [0.25, 0.3) is 0 Å². The molecule has 0 fully saturated rings. The Morgan fingerprint density at radius 1 is 1.50 bits per heavy atom. The Kier molecular flexibility index (Phi) is 6.15. The molecule has 2 N–H and O–H groups in total. The minimum absolute atomic E-state index is 0.0421. The van der Waals surface area contributed by atoms with Gasteiger partial charge in [0.05, 0.1) is 6.61 Å². The summed E-state index contributed by atoms with van der Waals surface area (Å²) >= 11 is 3.47. The van der Waals surface area contributed by atoms with E-state index >= 15 is 0 Å². The van der Waals surface area contributed by atoms with Crippen LogP contribution in [0.5, 0.6) is 0 Å². The van der Waals surface area contributed by atoms with Crippen LogP contribution in [0.15, 0.2) is 22.7 Å². The fourth-order valence-electron chi connectivity index (χ4n) is 1.47. The van der Waals surface area contributed by atoms with Gasteiger partial charge in [-0.3, -0.25) is 4.79 Å². The van der Waals surface area contributed by atoms with Gasteiger partial charge in [0.25, 0.3) is 0 Å². The molecule has 5 heteroatoms. The zero-order valence-corrected chi connectivity index (χ0v) is 12.5. The maximum atomic E-state index is 11.8. The SMILES string of the molecule is COCCNC(=O)C(C)Nc1ccc(C)cc1Br. The van der Waals surface area contributed by atoms with Crippen LogP contribution >= 0.6 is 15.9 Å². The number of carbonyl (C=O) groups excluding carboxylic acids is 1. The van der Waals surface area contributed by atoms with E-state index in [2.05, 4.69) is 26.6 Å². The van der Waals surface area contributed by atoms with E-state index in [1.807, 2.05) is 32.0 Å². The molecule has 1 unspecified atom stereocenters. The van der Waals surface area contributed by atoms with E-state index in [0.717, 1.165) is 10.2 Å². The second-order valence-corrected chi connectivity index (χ2v) is 4.99. The summed E-state index contributed by atoms with van der Waals surface area (Å²) in [6.07, 6.45) is 0. The molecule has 1 aromatic rings. The van der Waals surface area contributed by atoms with Crippen LogP contribution in [0.1, 0.15) is 12.5 Å². The van der Waals surface area contributed by atoms with Crippen LogP contribution in [-0.4, -0.2) is 32.2 Å². The molecule has 0 saturated heterocycles. The minimum Gasteiger partial charge on any atom is -0.383 e. The number of aryl methyl sites for hydroxylation is 1. The average molecular weight is 315 g/mol. The Morgan fingerprint density at radius 3 is 2.83 bits per heavy atom. The van der Waals surface area contributed by atoms with Gasteiger partial charge in [-0.2, -0.15) is 0 Å². The third-order valence-corrected chi connectivity index (χ3v) is 3.15. The molecule has 18 heavy (non-hydrogen) atoms. The Balaban J connectivity index is 2.53. The molecule has 0 bridgehead atoms. The second-order valence-electron chi connectivity index (χ2n) is 4.13. The van der Waals surface area contributed by atoms with Gasteiger partial charge in [-0.05, 0) is 47.5 Å². The van der Waals surface area contributed by atoms with Crippen LogP contribution in [0.4, 0.5) is 5.69 Å². The standard InChI is InChI=1S/C13H19BrN2O2/c1-9-4-5-12(11(14)8-9)16-10(2)13(17)15-6-7-18-3/h4-5,8,10,16H,6-7H2,1-3H3,(H,15,17). The fraction of sp³-hybridized carbons (Fsp3) is 0.462. The summed E-state index contributed by atoms with van der Waals surface area (Å²) in [5, 5.41) is 5.96. The topological polar surface area (TPSA) is 50.4 Å². The van der Waals surface area contributed by atoms with Gasteiger partial charge in [0, 0.05) is 23.8 Å². The number of amides is 1. The predicted molar refractivity (Wildman–Crippen MR) is 76.8 cm³/mol. The lowest BCUT2D eigenvalue weighted by molar-refractivity contribution is -0.121. The lowest BCUT2D eigenvalue weighted by Crippen LogP contribution is -2.39. The molecule has 0 aromatic heterocycles. The summed E-state index contributed by atoms with van der Waals surface area (Å²) in [4.78, 5) is 11.8. The van der Waals surface area contributed by atoms with Gasteiger partial charge in [-0.1, -0.05) is 6.07 Å². The molecule has 0 aliphatic carbocycles. The zero-order valence-electron chi connectivity index (χ0n) is 10.9. The number of hydrogen-bond acceptors (Lipinski definition) is 3. The number of nitrogens with one attached hydrogen (secondary N) is 2. The lowest BCUT2D eigenvalue weighted by atomic mass is 10.2. The van der Waals surface area contributed by atoms with Crippen molar-refractivity contribution in [2.45, 2.75) is 19.9 Å². The third kappa shape index (κ3) is 4.66. The van der Waals surface area contributed by atoms with E-state index in [-0.39, 0.29) is 11.9 Å². The van der Waals surface area contributed by atoms with Crippen molar-refractivity contribution in [3.63, 3.8) is 0 Å². The highest BCUT2D eigenvalue weighted by atomic mass is 79.9. The molecule has 4 nitrogen and oxygen atoms in total. The van der Waals surface area contributed by atoms with E-state index in [0.29, 0.717) is 13.2 Å². The van der Waals surface area contributed by atoms with Gasteiger partial charge in [-0.15, -0.1) is 0 Å². The van der Waals surface area contributed by atoms with Crippen LogP contribution in [-0.2, 0) is 9.53 Å². The highest BCUT2D eigenvalue weighted by Gasteiger charge is 2.12. The summed E-state index contributed by atoms with van der Waals surface area (Å²) in [7, 11) is 1.61. The first-order valence-electron chi connectivity index (χ1n) is 5.84. The van der Waals surface area contributed by atoms with E-state index in [4.69, 9.17) is 4.74 Å². The van der Waals surface area contributed by atoms with Crippen molar-refractivity contribution in [1.82, 2.24) is 5.32 Å². The van der Waals surface area contributed by atoms with Gasteiger partial charge < -0.3 is 15.4 Å². The number of benzene rings is 1. The van der Waals surface area contributed by atoms with Gasteiger partial charge in [0.1, 0.15) is 6.04 Å². The number of halogens is 1. The Hall–Kier alpha value is -1.07. The van der Waals surface area contributed by atoms with E-state index in [1.165, 1.54) is 5.56 Å². The number of methoxy groups -OCH3 is 1. The number of ether oxygens (including phenoxy) is 1. The zero-order chi connectivity index (χ0) is 13.5. The van der Waals surface area contributed by atoms with Gasteiger partial charge in [0.15, 0.2) is 0 Å².